The van der Waals surface area contributed by atoms with Crippen molar-refractivity contribution in [2.45, 2.75) is 25.8 Å². The van der Waals surface area contributed by atoms with Gasteiger partial charge >= 0.3 is 11.8 Å². The second-order valence-corrected chi connectivity index (χ2v) is 6.60. The van der Waals surface area contributed by atoms with Crippen molar-refractivity contribution < 1.29 is 9.32 Å². The molecule has 6 nitrogen and oxygen atoms in total. The molecule has 4 aromatic rings. The summed E-state index contributed by atoms with van der Waals surface area (Å²) in [7, 11) is 0. The van der Waals surface area contributed by atoms with Crippen molar-refractivity contribution in [2.75, 3.05) is 0 Å². The normalized spacial score (nSPS) is 12.2. The lowest BCUT2D eigenvalue weighted by atomic mass is 10.1. The second-order valence-electron chi connectivity index (χ2n) is 6.60. The molecule has 1 amide bonds. The molecule has 2 aromatic heterocycles. The third kappa shape index (κ3) is 3.89. The summed E-state index contributed by atoms with van der Waals surface area (Å²) in [6.07, 6.45) is 3.61. The van der Waals surface area contributed by atoms with Gasteiger partial charge in [-0.3, -0.25) is 4.79 Å². The highest BCUT2D eigenvalue weighted by Crippen LogP contribution is 2.21. The van der Waals surface area contributed by atoms with Crippen LogP contribution in [0.15, 0.2) is 65.3 Å². The van der Waals surface area contributed by atoms with Gasteiger partial charge in [0.1, 0.15) is 0 Å². The maximum atomic E-state index is 12.4. The molecule has 0 radical (unpaired) electrons. The summed E-state index contributed by atoms with van der Waals surface area (Å²) in [6.45, 7) is 1.97. The minimum Gasteiger partial charge on any atom is -0.361 e. The van der Waals surface area contributed by atoms with Crippen LogP contribution in [-0.2, 0) is 6.42 Å². The lowest BCUT2D eigenvalue weighted by Gasteiger charge is -2.12. The van der Waals surface area contributed by atoms with Crippen LogP contribution in [0.4, 0.5) is 0 Å². The molecule has 0 aliphatic carbocycles. The van der Waals surface area contributed by atoms with E-state index in [1.165, 1.54) is 5.56 Å². The number of hydrogen-bond donors (Lipinski definition) is 2. The van der Waals surface area contributed by atoms with E-state index in [2.05, 4.69) is 32.6 Å². The Morgan fingerprint density at radius 3 is 2.89 bits per heavy atom. The van der Waals surface area contributed by atoms with E-state index in [-0.39, 0.29) is 17.8 Å². The van der Waals surface area contributed by atoms with Gasteiger partial charge < -0.3 is 14.8 Å². The fraction of sp³-hybridized carbons (Fsp3) is 0.190. The SMILES string of the molecule is C[C@@H](CCc1ccccc1)NC(=O)c1nc(-c2ccc3cc[nH]c3c2)no1. The zero-order valence-electron chi connectivity index (χ0n) is 15.0. The van der Waals surface area contributed by atoms with Gasteiger partial charge in [-0.1, -0.05) is 47.6 Å². The number of carbonyl (C=O) groups is 1. The molecule has 4 rings (SSSR count). The Bertz CT molecular complexity index is 1050. The van der Waals surface area contributed by atoms with E-state index in [9.17, 15) is 4.79 Å². The molecular formula is C21H20N4O2. The number of aromatic amines is 1. The van der Waals surface area contributed by atoms with Crippen molar-refractivity contribution in [3.63, 3.8) is 0 Å². The van der Waals surface area contributed by atoms with Crippen LogP contribution >= 0.6 is 0 Å². The number of amides is 1. The number of H-pyrrole nitrogens is 1. The predicted octanol–water partition coefficient (Wildman–Crippen LogP) is 3.97. The minimum atomic E-state index is -0.352. The third-order valence-corrected chi connectivity index (χ3v) is 4.52. The Morgan fingerprint density at radius 1 is 1.19 bits per heavy atom. The van der Waals surface area contributed by atoms with Crippen molar-refractivity contribution in [3.8, 4) is 11.4 Å². The number of fused-ring (bicyclic) bond motifs is 1. The molecule has 0 aliphatic heterocycles. The molecule has 0 fully saturated rings. The van der Waals surface area contributed by atoms with Crippen LogP contribution in [-0.4, -0.2) is 27.1 Å². The van der Waals surface area contributed by atoms with Gasteiger partial charge in [-0.2, -0.15) is 4.98 Å². The average Bonchev–Trinajstić information content (AvgIpc) is 3.36. The van der Waals surface area contributed by atoms with E-state index in [4.69, 9.17) is 4.52 Å². The van der Waals surface area contributed by atoms with E-state index in [0.717, 1.165) is 29.3 Å². The van der Waals surface area contributed by atoms with Gasteiger partial charge in [0.25, 0.3) is 0 Å². The van der Waals surface area contributed by atoms with Gasteiger partial charge in [0.2, 0.25) is 5.82 Å². The number of aryl methyl sites for hydroxylation is 1. The van der Waals surface area contributed by atoms with E-state index in [0.29, 0.717) is 5.82 Å². The Labute approximate surface area is 156 Å². The van der Waals surface area contributed by atoms with Crippen LogP contribution in [0.25, 0.3) is 22.3 Å². The van der Waals surface area contributed by atoms with E-state index < -0.39 is 0 Å². The van der Waals surface area contributed by atoms with Crippen LogP contribution in [0.1, 0.15) is 29.6 Å². The summed E-state index contributed by atoms with van der Waals surface area (Å²) in [5, 5.41) is 7.96. The van der Waals surface area contributed by atoms with Crippen molar-refractivity contribution in [3.05, 3.63) is 72.2 Å². The summed E-state index contributed by atoms with van der Waals surface area (Å²) in [5.41, 5.74) is 3.03. The highest BCUT2D eigenvalue weighted by molar-refractivity contribution is 5.90. The Kier molecular flexibility index (Phi) is 4.70. The monoisotopic (exact) mass is 360 g/mol. The number of aromatic nitrogens is 3. The highest BCUT2D eigenvalue weighted by atomic mass is 16.5. The zero-order valence-corrected chi connectivity index (χ0v) is 15.0. The summed E-state index contributed by atoms with van der Waals surface area (Å²) in [5.74, 6) is 0.0204. The van der Waals surface area contributed by atoms with E-state index in [1.54, 1.807) is 0 Å². The number of benzene rings is 2. The molecule has 2 heterocycles. The van der Waals surface area contributed by atoms with Gasteiger partial charge in [0, 0.05) is 23.3 Å². The average molecular weight is 360 g/mol. The van der Waals surface area contributed by atoms with E-state index >= 15 is 0 Å². The fourth-order valence-corrected chi connectivity index (χ4v) is 3.01. The first-order valence-corrected chi connectivity index (χ1v) is 8.95. The predicted molar refractivity (Wildman–Crippen MR) is 103 cm³/mol. The molecule has 0 saturated heterocycles. The van der Waals surface area contributed by atoms with Crippen molar-refractivity contribution in [2.24, 2.45) is 0 Å². The van der Waals surface area contributed by atoms with Gasteiger partial charge in [-0.05, 0) is 42.8 Å². The quantitative estimate of drug-likeness (QED) is 0.545. The minimum absolute atomic E-state index is 0.00308. The van der Waals surface area contributed by atoms with Crippen LogP contribution < -0.4 is 5.32 Å². The molecule has 6 heteroatoms. The Hall–Kier alpha value is -3.41. The molecule has 0 unspecified atom stereocenters. The number of rotatable bonds is 6. The number of hydrogen-bond acceptors (Lipinski definition) is 4. The summed E-state index contributed by atoms with van der Waals surface area (Å²) < 4.78 is 5.15. The van der Waals surface area contributed by atoms with Crippen molar-refractivity contribution >= 4 is 16.8 Å². The summed E-state index contributed by atoms with van der Waals surface area (Å²) in [6, 6.07) is 18.0. The maximum absolute atomic E-state index is 12.4. The zero-order chi connectivity index (χ0) is 18.6. The lowest BCUT2D eigenvalue weighted by Crippen LogP contribution is -2.33. The van der Waals surface area contributed by atoms with Gasteiger partial charge in [0.05, 0.1) is 0 Å². The first kappa shape index (κ1) is 17.0. The van der Waals surface area contributed by atoms with Crippen molar-refractivity contribution in [1.29, 1.82) is 0 Å². The third-order valence-electron chi connectivity index (χ3n) is 4.52. The molecule has 2 aromatic carbocycles. The van der Waals surface area contributed by atoms with Crippen molar-refractivity contribution in [1.82, 2.24) is 20.4 Å². The van der Waals surface area contributed by atoms with Crippen LogP contribution in [0.3, 0.4) is 0 Å². The summed E-state index contributed by atoms with van der Waals surface area (Å²) >= 11 is 0. The smallest absolute Gasteiger partial charge is 0.316 e. The van der Waals surface area contributed by atoms with Crippen LogP contribution in [0, 0.1) is 0 Å². The molecule has 0 aliphatic rings. The second kappa shape index (κ2) is 7.45. The standard InChI is InChI=1S/C21H20N4O2/c1-14(7-8-15-5-3-2-4-6-15)23-20(26)21-24-19(25-27-21)17-10-9-16-11-12-22-18(16)13-17/h2-6,9-14,22H,7-8H2,1H3,(H,23,26)/t14-/m0/s1. The molecule has 0 spiro atoms. The molecule has 27 heavy (non-hydrogen) atoms. The molecule has 2 N–H and O–H groups in total. The molecule has 1 atom stereocenters. The molecule has 0 bridgehead atoms. The molecular weight excluding hydrogens is 340 g/mol. The Morgan fingerprint density at radius 2 is 2.04 bits per heavy atom. The Balaban J connectivity index is 1.39. The molecule has 0 saturated carbocycles. The first-order chi connectivity index (χ1) is 13.2. The number of carbonyl (C=O) groups excluding carboxylic acids is 1. The van der Waals surface area contributed by atoms with Crippen LogP contribution in [0.5, 0.6) is 0 Å². The summed E-state index contributed by atoms with van der Waals surface area (Å²) in [4.78, 5) is 19.8. The van der Waals surface area contributed by atoms with E-state index in [1.807, 2.05) is 55.6 Å². The first-order valence-electron chi connectivity index (χ1n) is 8.95. The molecule has 136 valence electrons. The van der Waals surface area contributed by atoms with Gasteiger partial charge in [-0.25, -0.2) is 0 Å². The van der Waals surface area contributed by atoms with Gasteiger partial charge in [-0.15, -0.1) is 0 Å². The highest BCUT2D eigenvalue weighted by Gasteiger charge is 2.18. The number of nitrogens with one attached hydrogen (secondary N) is 2. The largest absolute Gasteiger partial charge is 0.361 e. The topological polar surface area (TPSA) is 83.8 Å². The fourth-order valence-electron chi connectivity index (χ4n) is 3.01. The van der Waals surface area contributed by atoms with Gasteiger partial charge in [0.15, 0.2) is 0 Å². The maximum Gasteiger partial charge on any atom is 0.316 e. The number of nitrogens with zero attached hydrogens (tertiary/aromatic N) is 2. The van der Waals surface area contributed by atoms with Crippen LogP contribution in [0.2, 0.25) is 0 Å². The lowest BCUT2D eigenvalue weighted by molar-refractivity contribution is 0.0894.